The van der Waals surface area contributed by atoms with Crippen LogP contribution in [0.1, 0.15) is 171 Å². The van der Waals surface area contributed by atoms with E-state index in [4.69, 9.17) is 0 Å². The van der Waals surface area contributed by atoms with E-state index in [9.17, 15) is 0 Å². The van der Waals surface area contributed by atoms with Crippen LogP contribution in [0.15, 0.2) is 73.6 Å². The molecule has 3 rings (SSSR count). The summed E-state index contributed by atoms with van der Waals surface area (Å²) in [5, 5.41) is 0. The van der Waals surface area contributed by atoms with E-state index in [0.29, 0.717) is 0 Å². The highest BCUT2D eigenvalue weighted by atomic mass is 14.6. The van der Waals surface area contributed by atoms with Gasteiger partial charge in [-0.15, -0.1) is 0 Å². The van der Waals surface area contributed by atoms with Crippen LogP contribution in [-0.2, 0) is 19.3 Å². The molecule has 43 heavy (non-hydrogen) atoms. The van der Waals surface area contributed by atoms with Gasteiger partial charge in [0.15, 0.2) is 0 Å². The Bertz CT molecular complexity index is 534. The highest BCUT2D eigenvalue weighted by Gasteiger charge is 1.82. The molecular formula is C40H87N3. The van der Waals surface area contributed by atoms with Gasteiger partial charge >= 0.3 is 0 Å². The lowest BCUT2D eigenvalue weighted by Gasteiger charge is -1.88. The molecule has 0 unspecified atom stereocenters. The minimum atomic E-state index is 0. The second kappa shape index (κ2) is 97.6. The van der Waals surface area contributed by atoms with Crippen molar-refractivity contribution < 1.29 is 0 Å². The van der Waals surface area contributed by atoms with Gasteiger partial charge in [0.2, 0.25) is 0 Å². The molecule has 0 bridgehead atoms. The lowest BCUT2D eigenvalue weighted by atomic mass is 10.2. The largest absolute Gasteiger partial charge is 0.264 e. The van der Waals surface area contributed by atoms with Gasteiger partial charge in [-0.3, -0.25) is 15.0 Å². The lowest BCUT2D eigenvalue weighted by Crippen LogP contribution is -1.77. The minimum absolute atomic E-state index is 0. The van der Waals surface area contributed by atoms with Gasteiger partial charge in [0.25, 0.3) is 0 Å². The van der Waals surface area contributed by atoms with E-state index in [1.165, 1.54) is 16.7 Å². The van der Waals surface area contributed by atoms with E-state index < -0.39 is 0 Å². The van der Waals surface area contributed by atoms with Crippen molar-refractivity contribution in [2.45, 2.75) is 173 Å². The SMILES string of the molecule is C.C.C.CC.CC.CC.CC.CC.CC.CC.CC.CCc1cccnc1.CCc1cccnc1.CCc1cccnc1. The number of hydrogen-bond acceptors (Lipinski definition) is 3. The van der Waals surface area contributed by atoms with E-state index in [1.807, 2.05) is 148 Å². The van der Waals surface area contributed by atoms with E-state index in [2.05, 4.69) is 53.9 Å². The average molecular weight is 610 g/mol. The molecule has 3 aromatic heterocycles. The molecule has 0 amide bonds. The van der Waals surface area contributed by atoms with Gasteiger partial charge in [0, 0.05) is 37.2 Å². The van der Waals surface area contributed by atoms with Gasteiger partial charge in [0.05, 0.1) is 0 Å². The molecule has 0 radical (unpaired) electrons. The molecule has 3 nitrogen and oxygen atoms in total. The zero-order valence-corrected chi connectivity index (χ0v) is 30.9. The van der Waals surface area contributed by atoms with Crippen LogP contribution in [0, 0.1) is 0 Å². The third-order valence-electron chi connectivity index (χ3n) is 3.39. The molecule has 0 spiro atoms. The lowest BCUT2D eigenvalue weighted by molar-refractivity contribution is 1.10. The first-order chi connectivity index (χ1) is 19.8. The van der Waals surface area contributed by atoms with Crippen LogP contribution in [0.3, 0.4) is 0 Å². The maximum Gasteiger partial charge on any atom is 0.0299 e. The zero-order valence-electron chi connectivity index (χ0n) is 30.9. The van der Waals surface area contributed by atoms with Crippen LogP contribution in [0.5, 0.6) is 0 Å². The summed E-state index contributed by atoms with van der Waals surface area (Å²) < 4.78 is 0. The number of rotatable bonds is 3. The van der Waals surface area contributed by atoms with Gasteiger partial charge in [-0.1, -0.05) is 172 Å². The van der Waals surface area contributed by atoms with E-state index in [1.54, 1.807) is 18.6 Å². The quantitative estimate of drug-likeness (QED) is 0.296. The second-order valence-electron chi connectivity index (χ2n) is 5.14. The molecule has 0 N–H and O–H groups in total. The van der Waals surface area contributed by atoms with E-state index in [0.717, 1.165) is 19.3 Å². The Labute approximate surface area is 277 Å². The van der Waals surface area contributed by atoms with Crippen molar-refractivity contribution >= 4 is 0 Å². The highest BCUT2D eigenvalue weighted by molar-refractivity contribution is 5.08. The average Bonchev–Trinajstić information content (AvgIpc) is 3.13. The Morgan fingerprint density at radius 2 is 0.512 bits per heavy atom. The smallest absolute Gasteiger partial charge is 0.0299 e. The molecule has 0 saturated heterocycles. The monoisotopic (exact) mass is 610 g/mol. The standard InChI is InChI=1S/3C7H9N.8C2H6.3CH4/c3*1-2-7-4-3-5-8-6-7;8*1-2;;;/h3*3-6H,2H2,1H3;8*1-2H3;3*1H4. The van der Waals surface area contributed by atoms with Crippen molar-refractivity contribution in [3.8, 4) is 0 Å². The summed E-state index contributed by atoms with van der Waals surface area (Å²) in [5.41, 5.74) is 3.90. The minimum Gasteiger partial charge on any atom is -0.264 e. The molecule has 3 aromatic rings. The molecule has 0 aliphatic heterocycles. The summed E-state index contributed by atoms with van der Waals surface area (Å²) in [6.45, 7) is 38.4. The second-order valence-corrected chi connectivity index (χ2v) is 5.14. The van der Waals surface area contributed by atoms with Crippen LogP contribution < -0.4 is 0 Å². The molecule has 0 atom stereocenters. The van der Waals surface area contributed by atoms with Crippen LogP contribution in [0.2, 0.25) is 0 Å². The van der Waals surface area contributed by atoms with Gasteiger partial charge < -0.3 is 0 Å². The van der Waals surface area contributed by atoms with Crippen molar-refractivity contribution in [3.63, 3.8) is 0 Å². The molecule has 3 heterocycles. The molecule has 0 aliphatic carbocycles. The van der Waals surface area contributed by atoms with E-state index >= 15 is 0 Å². The van der Waals surface area contributed by atoms with Crippen LogP contribution in [0.25, 0.3) is 0 Å². The third kappa shape index (κ3) is 73.4. The predicted octanol–water partition coefficient (Wildman–Crippen LogP) is 15.0. The van der Waals surface area contributed by atoms with Crippen molar-refractivity contribution in [1.82, 2.24) is 15.0 Å². The molecule has 0 aliphatic rings. The number of aromatic nitrogens is 3. The Hall–Kier alpha value is -2.55. The maximum absolute atomic E-state index is 3.96. The van der Waals surface area contributed by atoms with Crippen LogP contribution in [-0.4, -0.2) is 15.0 Å². The normalized spacial score (nSPS) is 6.21. The maximum atomic E-state index is 3.96. The molecule has 0 fully saturated rings. The molecule has 262 valence electrons. The number of hydrogen-bond donors (Lipinski definition) is 0. The third-order valence-corrected chi connectivity index (χ3v) is 3.39. The Kier molecular flexibility index (Phi) is 165. The number of nitrogens with zero attached hydrogens (tertiary/aromatic N) is 3. The Morgan fingerprint density at radius 3 is 0.581 bits per heavy atom. The highest BCUT2D eigenvalue weighted by Crippen LogP contribution is 1.95. The Morgan fingerprint density at radius 1 is 0.349 bits per heavy atom. The Balaban J connectivity index is -0.0000000313. The van der Waals surface area contributed by atoms with Gasteiger partial charge in [-0.25, -0.2) is 0 Å². The van der Waals surface area contributed by atoms with Gasteiger partial charge in [-0.05, 0) is 54.2 Å². The van der Waals surface area contributed by atoms with Crippen molar-refractivity contribution in [2.75, 3.05) is 0 Å². The first-order valence-electron chi connectivity index (χ1n) is 16.5. The fourth-order valence-corrected chi connectivity index (χ4v) is 1.82. The van der Waals surface area contributed by atoms with Crippen LogP contribution in [0.4, 0.5) is 0 Å². The molecule has 0 aromatic carbocycles. The van der Waals surface area contributed by atoms with Gasteiger partial charge in [-0.2, -0.15) is 0 Å². The summed E-state index contributed by atoms with van der Waals surface area (Å²) >= 11 is 0. The summed E-state index contributed by atoms with van der Waals surface area (Å²) in [6, 6.07) is 12.1. The number of aryl methyl sites for hydroxylation is 3. The fourth-order valence-electron chi connectivity index (χ4n) is 1.82. The van der Waals surface area contributed by atoms with Crippen molar-refractivity contribution in [1.29, 1.82) is 0 Å². The fraction of sp³-hybridized carbons (Fsp3) is 0.625. The summed E-state index contributed by atoms with van der Waals surface area (Å²) in [6.07, 6.45) is 14.3. The predicted molar refractivity (Wildman–Crippen MR) is 212 cm³/mol. The first-order valence-corrected chi connectivity index (χ1v) is 16.5. The van der Waals surface area contributed by atoms with Crippen molar-refractivity contribution in [2.24, 2.45) is 0 Å². The zero-order chi connectivity index (χ0) is 33.5. The summed E-state index contributed by atoms with van der Waals surface area (Å²) in [5.74, 6) is 0. The first kappa shape index (κ1) is 72.6. The van der Waals surface area contributed by atoms with Crippen molar-refractivity contribution in [3.05, 3.63) is 90.3 Å². The van der Waals surface area contributed by atoms with Gasteiger partial charge in [0.1, 0.15) is 0 Å². The van der Waals surface area contributed by atoms with E-state index in [-0.39, 0.29) is 22.3 Å². The number of pyridine rings is 3. The molecular weight excluding hydrogens is 522 g/mol. The molecule has 0 saturated carbocycles. The molecule has 3 heteroatoms. The van der Waals surface area contributed by atoms with Crippen LogP contribution >= 0.6 is 0 Å². The summed E-state index contributed by atoms with van der Waals surface area (Å²) in [7, 11) is 0. The topological polar surface area (TPSA) is 38.7 Å². The summed E-state index contributed by atoms with van der Waals surface area (Å²) in [4.78, 5) is 11.9.